The van der Waals surface area contributed by atoms with Crippen molar-refractivity contribution in [1.82, 2.24) is 14.9 Å². The van der Waals surface area contributed by atoms with Gasteiger partial charge in [-0.2, -0.15) is 0 Å². The lowest BCUT2D eigenvalue weighted by Crippen LogP contribution is -2.44. The van der Waals surface area contributed by atoms with E-state index in [2.05, 4.69) is 51.9 Å². The quantitative estimate of drug-likeness (QED) is 0.569. The second-order valence-corrected chi connectivity index (χ2v) is 8.24. The van der Waals surface area contributed by atoms with E-state index in [1.54, 1.807) is 0 Å². The molecule has 1 aliphatic heterocycles. The molecule has 1 aliphatic rings. The number of hydrogen-bond donors (Lipinski definition) is 1. The Hall–Kier alpha value is -3.51. The Morgan fingerprint density at radius 3 is 2.69 bits per heavy atom. The van der Waals surface area contributed by atoms with Crippen LogP contribution in [-0.2, 0) is 11.2 Å². The Morgan fingerprint density at radius 2 is 1.91 bits per heavy atom. The smallest absolute Gasteiger partial charge is 0.227 e. The van der Waals surface area contributed by atoms with Gasteiger partial charge in [-0.15, -0.1) is 0 Å². The summed E-state index contributed by atoms with van der Waals surface area (Å²) in [5.74, 6) is 0.554. The fourth-order valence-electron chi connectivity index (χ4n) is 3.87. The van der Waals surface area contributed by atoms with Gasteiger partial charge in [0.05, 0.1) is 5.69 Å². The van der Waals surface area contributed by atoms with Crippen LogP contribution in [0, 0.1) is 6.92 Å². The van der Waals surface area contributed by atoms with Gasteiger partial charge in [0.25, 0.3) is 0 Å². The molecule has 4 rings (SSSR count). The molecule has 164 valence electrons. The van der Waals surface area contributed by atoms with Crippen LogP contribution >= 0.6 is 0 Å². The van der Waals surface area contributed by atoms with Gasteiger partial charge in [-0.3, -0.25) is 4.79 Å². The maximum absolute atomic E-state index is 11.8. The van der Waals surface area contributed by atoms with E-state index in [9.17, 15) is 4.79 Å². The zero-order valence-electron chi connectivity index (χ0n) is 18.7. The number of carbonyl (C=O) groups is 1. The lowest BCUT2D eigenvalue weighted by molar-refractivity contribution is -0.114. The van der Waals surface area contributed by atoms with Crippen molar-refractivity contribution in [3.8, 4) is 11.3 Å². The number of piperazine rings is 1. The van der Waals surface area contributed by atoms with Gasteiger partial charge in [-0.05, 0) is 55.4 Å². The molecule has 0 atom stereocenters. The molecule has 0 bridgehead atoms. The summed E-state index contributed by atoms with van der Waals surface area (Å²) in [6, 6.07) is 16.3. The van der Waals surface area contributed by atoms with Gasteiger partial charge in [-0.25, -0.2) is 9.97 Å². The minimum Gasteiger partial charge on any atom is -0.369 e. The number of benzene rings is 2. The topological polar surface area (TPSA) is 61.4 Å². The molecule has 2 aromatic carbocycles. The summed E-state index contributed by atoms with van der Waals surface area (Å²) >= 11 is 0. The van der Waals surface area contributed by atoms with Crippen LogP contribution in [0.25, 0.3) is 11.3 Å². The van der Waals surface area contributed by atoms with Gasteiger partial charge < -0.3 is 15.1 Å². The summed E-state index contributed by atoms with van der Waals surface area (Å²) in [6.07, 6.45) is 3.53. The molecule has 1 aromatic heterocycles. The minimum atomic E-state index is 0.00384. The first kappa shape index (κ1) is 21.7. The van der Waals surface area contributed by atoms with Crippen molar-refractivity contribution < 1.29 is 4.79 Å². The number of nitrogens with zero attached hydrogens (tertiary/aromatic N) is 4. The van der Waals surface area contributed by atoms with Crippen LogP contribution in [0.15, 0.2) is 67.4 Å². The lowest BCUT2D eigenvalue weighted by atomic mass is 10.0. The number of aromatic nitrogens is 2. The summed E-state index contributed by atoms with van der Waals surface area (Å²) < 4.78 is 0. The monoisotopic (exact) mass is 427 g/mol. The number of ketones is 1. The third-order valence-electron chi connectivity index (χ3n) is 5.75. The zero-order chi connectivity index (χ0) is 22.5. The first-order valence-electron chi connectivity index (χ1n) is 10.9. The van der Waals surface area contributed by atoms with E-state index in [1.807, 2.05) is 43.5 Å². The van der Waals surface area contributed by atoms with Crippen molar-refractivity contribution >= 4 is 23.1 Å². The van der Waals surface area contributed by atoms with Gasteiger partial charge >= 0.3 is 0 Å². The molecule has 0 spiro atoms. The number of carbonyl (C=O) groups excluding carboxylic acids is 1. The van der Waals surface area contributed by atoms with Gasteiger partial charge in [0.2, 0.25) is 5.95 Å². The summed E-state index contributed by atoms with van der Waals surface area (Å²) in [7, 11) is 2.16. The van der Waals surface area contributed by atoms with Crippen molar-refractivity contribution in [1.29, 1.82) is 0 Å². The predicted molar refractivity (Wildman–Crippen MR) is 131 cm³/mol. The highest BCUT2D eigenvalue weighted by Crippen LogP contribution is 2.26. The van der Waals surface area contributed by atoms with E-state index in [1.165, 1.54) is 11.8 Å². The SMILES string of the molecule is C=CC(=O)Cc1cccc(-c2nc(Nc3cccc(N4CCN(C)CC4)c3)ncc2C)c1. The van der Waals surface area contributed by atoms with Crippen molar-refractivity contribution in [2.75, 3.05) is 43.4 Å². The molecule has 1 N–H and O–H groups in total. The highest BCUT2D eigenvalue weighted by Gasteiger charge is 2.15. The van der Waals surface area contributed by atoms with E-state index in [-0.39, 0.29) is 5.78 Å². The van der Waals surface area contributed by atoms with E-state index < -0.39 is 0 Å². The number of anilines is 3. The predicted octanol–water partition coefficient (Wildman–Crippen LogP) is 4.25. The van der Waals surface area contributed by atoms with Crippen molar-refractivity contribution in [3.05, 3.63) is 78.5 Å². The Kier molecular flexibility index (Phi) is 6.61. The normalized spacial score (nSPS) is 14.2. The first-order chi connectivity index (χ1) is 15.5. The Balaban J connectivity index is 1.55. The molecule has 6 nitrogen and oxygen atoms in total. The number of nitrogens with one attached hydrogen (secondary N) is 1. The van der Waals surface area contributed by atoms with Crippen LogP contribution in [0.1, 0.15) is 11.1 Å². The summed E-state index contributed by atoms with van der Waals surface area (Å²) in [6.45, 7) is 9.74. The molecule has 0 amide bonds. The summed E-state index contributed by atoms with van der Waals surface area (Å²) in [5.41, 5.74) is 5.91. The lowest BCUT2D eigenvalue weighted by Gasteiger charge is -2.34. The average molecular weight is 428 g/mol. The minimum absolute atomic E-state index is 0.00384. The molecule has 1 fully saturated rings. The largest absolute Gasteiger partial charge is 0.369 e. The van der Waals surface area contributed by atoms with E-state index in [0.717, 1.165) is 54.3 Å². The molecule has 0 aliphatic carbocycles. The zero-order valence-corrected chi connectivity index (χ0v) is 18.7. The van der Waals surface area contributed by atoms with E-state index in [0.29, 0.717) is 12.4 Å². The number of hydrogen-bond acceptors (Lipinski definition) is 6. The maximum atomic E-state index is 11.8. The van der Waals surface area contributed by atoms with Crippen LogP contribution in [-0.4, -0.2) is 53.9 Å². The highest BCUT2D eigenvalue weighted by atomic mass is 16.1. The molecule has 3 aromatic rings. The van der Waals surface area contributed by atoms with Gasteiger partial charge in [0.1, 0.15) is 0 Å². The van der Waals surface area contributed by atoms with Crippen LogP contribution in [0.4, 0.5) is 17.3 Å². The van der Waals surface area contributed by atoms with E-state index >= 15 is 0 Å². The van der Waals surface area contributed by atoms with Crippen LogP contribution in [0.5, 0.6) is 0 Å². The highest BCUT2D eigenvalue weighted by molar-refractivity contribution is 5.91. The third-order valence-corrected chi connectivity index (χ3v) is 5.75. The molecular formula is C26H29N5O. The summed E-state index contributed by atoms with van der Waals surface area (Å²) in [5, 5.41) is 3.36. The molecular weight excluding hydrogens is 398 g/mol. The van der Waals surface area contributed by atoms with Crippen LogP contribution < -0.4 is 10.2 Å². The van der Waals surface area contributed by atoms with Crippen LogP contribution in [0.3, 0.4) is 0 Å². The number of aryl methyl sites for hydroxylation is 1. The molecule has 6 heteroatoms. The first-order valence-corrected chi connectivity index (χ1v) is 10.9. The van der Waals surface area contributed by atoms with Gasteiger partial charge in [-0.1, -0.05) is 30.8 Å². The number of rotatable bonds is 7. The molecule has 32 heavy (non-hydrogen) atoms. The molecule has 1 saturated heterocycles. The van der Waals surface area contributed by atoms with Crippen LogP contribution in [0.2, 0.25) is 0 Å². The average Bonchev–Trinajstić information content (AvgIpc) is 2.81. The Labute approximate surface area is 189 Å². The standard InChI is InChI=1S/C26H29N5O/c1-4-24(32)16-20-7-5-8-21(15-20)25-19(2)18-27-26(29-25)28-22-9-6-10-23(17-22)31-13-11-30(3)12-14-31/h4-10,15,17-18H,1,11-14,16H2,2-3H3,(H,27,28,29). The van der Waals surface area contributed by atoms with E-state index in [4.69, 9.17) is 4.98 Å². The van der Waals surface area contributed by atoms with Gasteiger partial charge in [0, 0.05) is 55.7 Å². The molecule has 0 saturated carbocycles. The second kappa shape index (κ2) is 9.75. The van der Waals surface area contributed by atoms with Crippen molar-refractivity contribution in [2.24, 2.45) is 0 Å². The van der Waals surface area contributed by atoms with Crippen molar-refractivity contribution in [2.45, 2.75) is 13.3 Å². The molecule has 0 unspecified atom stereocenters. The van der Waals surface area contributed by atoms with Gasteiger partial charge in [0.15, 0.2) is 5.78 Å². The Morgan fingerprint density at radius 1 is 1.12 bits per heavy atom. The third kappa shape index (κ3) is 5.21. The molecule has 2 heterocycles. The number of likely N-dealkylation sites (N-methyl/N-ethyl adjacent to an activating group) is 1. The summed E-state index contributed by atoms with van der Waals surface area (Å²) in [4.78, 5) is 25.8. The van der Waals surface area contributed by atoms with Crippen molar-refractivity contribution in [3.63, 3.8) is 0 Å². The maximum Gasteiger partial charge on any atom is 0.227 e. The Bertz CT molecular complexity index is 1120. The fourth-order valence-corrected chi connectivity index (χ4v) is 3.87. The fraction of sp³-hybridized carbons (Fsp3) is 0.269. The molecule has 0 radical (unpaired) electrons. The number of allylic oxidation sites excluding steroid dienone is 1. The second-order valence-electron chi connectivity index (χ2n) is 8.24.